The molecule has 0 N–H and O–H groups in total. The Balaban J connectivity index is 2.47. The van der Waals surface area contributed by atoms with Crippen molar-refractivity contribution in [3.63, 3.8) is 0 Å². The van der Waals surface area contributed by atoms with E-state index in [4.69, 9.17) is 4.74 Å². The second-order valence-electron chi connectivity index (χ2n) is 3.48. The van der Waals surface area contributed by atoms with Gasteiger partial charge in [0.05, 0.1) is 17.2 Å². The van der Waals surface area contributed by atoms with Gasteiger partial charge in [-0.25, -0.2) is 0 Å². The van der Waals surface area contributed by atoms with Gasteiger partial charge in [0.2, 0.25) is 0 Å². The molecule has 0 atom stereocenters. The Morgan fingerprint density at radius 1 is 1.06 bits per heavy atom. The van der Waals surface area contributed by atoms with Crippen molar-refractivity contribution in [2.75, 3.05) is 6.61 Å². The highest BCUT2D eigenvalue weighted by atomic mass is 16.6. The predicted octanol–water partition coefficient (Wildman–Crippen LogP) is 1.07. The number of pyridine rings is 2. The van der Waals surface area contributed by atoms with Crippen LogP contribution in [0.5, 0.6) is 0 Å². The summed E-state index contributed by atoms with van der Waals surface area (Å²) in [7, 11) is 0. The summed E-state index contributed by atoms with van der Waals surface area (Å²) >= 11 is 0. The van der Waals surface area contributed by atoms with E-state index >= 15 is 0 Å². The summed E-state index contributed by atoms with van der Waals surface area (Å²) < 4.78 is 5.32. The summed E-state index contributed by atoms with van der Waals surface area (Å²) in [6, 6.07) is 10.3. The minimum Gasteiger partial charge on any atom is -0.819 e. The monoisotopic (exact) mass is 229 g/mol. The standard InChI is InChI=1S/C13H13N2O2/c1-2-17-13(16,11-7-3-5-9-14-11)12-8-4-6-10-15-12/h3-10H,2H2,1H3/q-1. The summed E-state index contributed by atoms with van der Waals surface area (Å²) in [5.74, 6) is -1.84. The molecule has 17 heavy (non-hydrogen) atoms. The van der Waals surface area contributed by atoms with Crippen LogP contribution < -0.4 is 5.11 Å². The molecule has 0 amide bonds. The van der Waals surface area contributed by atoms with Crippen molar-refractivity contribution in [2.24, 2.45) is 0 Å². The zero-order valence-corrected chi connectivity index (χ0v) is 9.54. The lowest BCUT2D eigenvalue weighted by molar-refractivity contribution is -0.552. The van der Waals surface area contributed by atoms with Gasteiger partial charge in [-0.05, 0) is 31.2 Å². The van der Waals surface area contributed by atoms with Crippen LogP contribution in [0.2, 0.25) is 0 Å². The van der Waals surface area contributed by atoms with E-state index < -0.39 is 5.79 Å². The minimum absolute atomic E-state index is 0.302. The van der Waals surface area contributed by atoms with E-state index in [1.807, 2.05) is 0 Å². The molecule has 88 valence electrons. The number of rotatable bonds is 4. The van der Waals surface area contributed by atoms with Gasteiger partial charge in [0, 0.05) is 19.0 Å². The van der Waals surface area contributed by atoms with E-state index in [2.05, 4.69) is 9.97 Å². The van der Waals surface area contributed by atoms with Crippen LogP contribution in [0.3, 0.4) is 0 Å². The van der Waals surface area contributed by atoms with E-state index in [0.29, 0.717) is 18.0 Å². The molecule has 0 spiro atoms. The molecule has 2 aromatic rings. The van der Waals surface area contributed by atoms with Gasteiger partial charge in [-0.2, -0.15) is 0 Å². The summed E-state index contributed by atoms with van der Waals surface area (Å²) in [6.07, 6.45) is 3.15. The smallest absolute Gasteiger partial charge is 0.0811 e. The Morgan fingerprint density at radius 3 is 1.94 bits per heavy atom. The highest BCUT2D eigenvalue weighted by molar-refractivity contribution is 5.22. The molecule has 2 rings (SSSR count). The van der Waals surface area contributed by atoms with Crippen molar-refractivity contribution in [1.29, 1.82) is 0 Å². The normalized spacial score (nSPS) is 11.4. The second kappa shape index (κ2) is 5.03. The zero-order chi connectivity index (χ0) is 12.1. The Labute approximate surface area is 99.9 Å². The SMILES string of the molecule is CCOC([O-])(c1ccccn1)c1ccccn1. The van der Waals surface area contributed by atoms with Gasteiger partial charge in [0.25, 0.3) is 0 Å². The lowest BCUT2D eigenvalue weighted by Gasteiger charge is -2.38. The van der Waals surface area contributed by atoms with Crippen molar-refractivity contribution in [3.8, 4) is 0 Å². The van der Waals surface area contributed by atoms with Gasteiger partial charge in [0.15, 0.2) is 0 Å². The first-order valence-corrected chi connectivity index (χ1v) is 5.44. The van der Waals surface area contributed by atoms with E-state index in [1.165, 1.54) is 0 Å². The average molecular weight is 229 g/mol. The Bertz CT molecular complexity index is 420. The molecule has 0 aliphatic carbocycles. The fourth-order valence-electron chi connectivity index (χ4n) is 1.60. The molecule has 0 saturated heterocycles. The maximum Gasteiger partial charge on any atom is 0.0811 e. The fraction of sp³-hybridized carbons (Fsp3) is 0.231. The molecular formula is C13H13N2O2-. The van der Waals surface area contributed by atoms with E-state index in [1.54, 1.807) is 55.7 Å². The molecule has 2 aromatic heterocycles. The summed E-state index contributed by atoms with van der Waals surface area (Å²) in [5, 5.41) is 12.8. The van der Waals surface area contributed by atoms with Gasteiger partial charge < -0.3 is 9.84 Å². The highest BCUT2D eigenvalue weighted by Gasteiger charge is 2.24. The number of aromatic nitrogens is 2. The fourth-order valence-corrected chi connectivity index (χ4v) is 1.60. The molecule has 4 nitrogen and oxygen atoms in total. The Kier molecular flexibility index (Phi) is 3.46. The number of nitrogens with zero attached hydrogens (tertiary/aromatic N) is 2. The van der Waals surface area contributed by atoms with Crippen molar-refractivity contribution in [2.45, 2.75) is 12.7 Å². The number of hydrogen-bond donors (Lipinski definition) is 0. The lowest BCUT2D eigenvalue weighted by atomic mass is 10.1. The van der Waals surface area contributed by atoms with Crippen LogP contribution in [0.25, 0.3) is 0 Å². The van der Waals surface area contributed by atoms with Crippen molar-refractivity contribution in [3.05, 3.63) is 60.2 Å². The van der Waals surface area contributed by atoms with E-state index in [-0.39, 0.29) is 0 Å². The van der Waals surface area contributed by atoms with Gasteiger partial charge in [-0.3, -0.25) is 9.97 Å². The molecule has 0 bridgehead atoms. The Hall–Kier alpha value is -1.78. The molecule has 0 aliphatic rings. The van der Waals surface area contributed by atoms with E-state index in [0.717, 1.165) is 0 Å². The molecule has 0 aliphatic heterocycles. The first-order chi connectivity index (χ1) is 8.27. The van der Waals surface area contributed by atoms with Crippen LogP contribution in [-0.2, 0) is 10.5 Å². The molecule has 0 aromatic carbocycles. The van der Waals surface area contributed by atoms with Crippen LogP contribution in [0.4, 0.5) is 0 Å². The first kappa shape index (κ1) is 11.7. The first-order valence-electron chi connectivity index (χ1n) is 5.44. The maximum atomic E-state index is 12.8. The van der Waals surface area contributed by atoms with Crippen molar-refractivity contribution in [1.82, 2.24) is 9.97 Å². The topological polar surface area (TPSA) is 58.1 Å². The molecule has 0 saturated carbocycles. The predicted molar refractivity (Wildman–Crippen MR) is 60.9 cm³/mol. The summed E-state index contributed by atoms with van der Waals surface area (Å²) in [5.41, 5.74) is 0.640. The molecule has 4 heteroatoms. The van der Waals surface area contributed by atoms with Gasteiger partial charge in [-0.1, -0.05) is 12.1 Å². The van der Waals surface area contributed by atoms with Gasteiger partial charge in [-0.15, -0.1) is 0 Å². The van der Waals surface area contributed by atoms with Crippen LogP contribution in [-0.4, -0.2) is 16.6 Å². The third-order valence-electron chi connectivity index (χ3n) is 2.35. The third-order valence-corrected chi connectivity index (χ3v) is 2.35. The van der Waals surface area contributed by atoms with Crippen LogP contribution in [0.15, 0.2) is 48.8 Å². The molecule has 2 heterocycles. The maximum absolute atomic E-state index is 12.8. The molecule has 0 unspecified atom stereocenters. The van der Waals surface area contributed by atoms with Crippen molar-refractivity contribution < 1.29 is 9.84 Å². The van der Waals surface area contributed by atoms with Crippen LogP contribution in [0.1, 0.15) is 18.3 Å². The minimum atomic E-state index is -1.84. The third kappa shape index (κ3) is 2.33. The molecule has 0 radical (unpaired) electrons. The number of hydrogen-bond acceptors (Lipinski definition) is 4. The van der Waals surface area contributed by atoms with Crippen molar-refractivity contribution >= 4 is 0 Å². The average Bonchev–Trinajstić information content (AvgIpc) is 2.41. The Morgan fingerprint density at radius 2 is 1.59 bits per heavy atom. The van der Waals surface area contributed by atoms with E-state index in [9.17, 15) is 5.11 Å². The molecule has 0 fully saturated rings. The molecular weight excluding hydrogens is 216 g/mol. The zero-order valence-electron chi connectivity index (χ0n) is 9.54. The highest BCUT2D eigenvalue weighted by Crippen LogP contribution is 2.24. The second-order valence-corrected chi connectivity index (χ2v) is 3.48. The van der Waals surface area contributed by atoms with Gasteiger partial charge >= 0.3 is 0 Å². The van der Waals surface area contributed by atoms with Gasteiger partial charge in [0.1, 0.15) is 0 Å². The number of ether oxygens (including phenoxy) is 1. The summed E-state index contributed by atoms with van der Waals surface area (Å²) in [6.45, 7) is 2.08. The largest absolute Gasteiger partial charge is 0.819 e. The van der Waals surface area contributed by atoms with Crippen LogP contribution in [0, 0.1) is 0 Å². The summed E-state index contributed by atoms with van der Waals surface area (Å²) in [4.78, 5) is 8.14. The van der Waals surface area contributed by atoms with Crippen LogP contribution >= 0.6 is 0 Å². The lowest BCUT2D eigenvalue weighted by Crippen LogP contribution is -2.46. The quantitative estimate of drug-likeness (QED) is 0.736.